The van der Waals surface area contributed by atoms with E-state index < -0.39 is 0 Å². The third kappa shape index (κ3) is 14.4. The second kappa shape index (κ2) is 12.8. The summed E-state index contributed by atoms with van der Waals surface area (Å²) in [6.45, 7) is 11.7. The molecular weight excluding hydrogens is 242 g/mol. The summed E-state index contributed by atoms with van der Waals surface area (Å²) in [5.41, 5.74) is 0. The van der Waals surface area contributed by atoms with E-state index >= 15 is 0 Å². The Morgan fingerprint density at radius 1 is 1.21 bits per heavy atom. The number of ketones is 1. The van der Waals surface area contributed by atoms with Crippen molar-refractivity contribution in [3.63, 3.8) is 0 Å². The molecule has 0 bridgehead atoms. The molecule has 0 aliphatic carbocycles. The highest BCUT2D eigenvalue weighted by atomic mass is 79.9. The maximum Gasteiger partial charge on any atom is 0.152 e. The van der Waals surface area contributed by atoms with Crippen LogP contribution in [-0.4, -0.2) is 35.6 Å². The molecule has 0 atom stereocenters. The first kappa shape index (κ1) is 16.3. The first-order chi connectivity index (χ1) is 6.62. The second-order valence-corrected chi connectivity index (χ2v) is 3.43. The predicted molar refractivity (Wildman–Crippen MR) is 67.1 cm³/mol. The fraction of sp³-hybridized carbons (Fsp3) is 0.727. The molecule has 0 aliphatic heterocycles. The van der Waals surface area contributed by atoms with Crippen molar-refractivity contribution in [2.24, 2.45) is 0 Å². The van der Waals surface area contributed by atoms with Gasteiger partial charge in [0.1, 0.15) is 0 Å². The Bertz CT molecular complexity index is 148. The Labute approximate surface area is 96.5 Å². The zero-order valence-corrected chi connectivity index (χ0v) is 11.3. The molecule has 0 aliphatic rings. The number of carbonyl (C=O) groups excluding carboxylic acids is 1. The lowest BCUT2D eigenvalue weighted by atomic mass is 10.4. The van der Waals surface area contributed by atoms with Crippen LogP contribution in [0.2, 0.25) is 0 Å². The number of carbonyl (C=O) groups is 1. The van der Waals surface area contributed by atoms with Crippen molar-refractivity contribution >= 4 is 21.7 Å². The highest BCUT2D eigenvalue weighted by molar-refractivity contribution is 9.09. The molecule has 0 aromatic rings. The molecule has 0 fully saturated rings. The van der Waals surface area contributed by atoms with Gasteiger partial charge in [-0.15, -0.1) is 0 Å². The molecule has 0 rings (SSSR count). The van der Waals surface area contributed by atoms with Crippen molar-refractivity contribution in [2.75, 3.05) is 25.0 Å². The van der Waals surface area contributed by atoms with Crippen molar-refractivity contribution < 1.29 is 4.79 Å². The molecule has 0 unspecified atom stereocenters. The van der Waals surface area contributed by atoms with Crippen LogP contribution in [0.1, 0.15) is 27.7 Å². The average molecular weight is 264 g/mol. The van der Waals surface area contributed by atoms with Gasteiger partial charge in [-0.1, -0.05) is 42.8 Å². The largest absolute Gasteiger partial charge is 0.304 e. The van der Waals surface area contributed by atoms with Crippen molar-refractivity contribution in [1.82, 2.24) is 4.90 Å². The molecule has 0 saturated heterocycles. The van der Waals surface area contributed by atoms with Crippen molar-refractivity contribution in [3.05, 3.63) is 12.2 Å². The van der Waals surface area contributed by atoms with Gasteiger partial charge in [0.05, 0.1) is 0 Å². The molecule has 0 spiro atoms. The Morgan fingerprint density at radius 3 is 1.71 bits per heavy atom. The molecule has 14 heavy (non-hydrogen) atoms. The van der Waals surface area contributed by atoms with Gasteiger partial charge < -0.3 is 4.90 Å². The number of nitrogens with zero attached hydrogens (tertiary/aromatic N) is 1. The molecule has 84 valence electrons. The first-order valence-corrected chi connectivity index (χ1v) is 6.19. The Kier molecular flexibility index (Phi) is 14.9. The van der Waals surface area contributed by atoms with E-state index in [-0.39, 0.29) is 5.78 Å². The van der Waals surface area contributed by atoms with Gasteiger partial charge in [0, 0.05) is 5.33 Å². The minimum absolute atomic E-state index is 0.0967. The van der Waals surface area contributed by atoms with E-state index in [2.05, 4.69) is 41.6 Å². The van der Waals surface area contributed by atoms with Gasteiger partial charge >= 0.3 is 0 Å². The summed E-state index contributed by atoms with van der Waals surface area (Å²) in [5.74, 6) is 0.0967. The van der Waals surface area contributed by atoms with Crippen LogP contribution in [0, 0.1) is 0 Å². The van der Waals surface area contributed by atoms with Gasteiger partial charge in [-0.25, -0.2) is 0 Å². The number of alkyl halides is 1. The van der Waals surface area contributed by atoms with Gasteiger partial charge in [-0.2, -0.15) is 0 Å². The minimum atomic E-state index is 0.0967. The molecule has 0 N–H and O–H groups in total. The second-order valence-electron chi connectivity index (χ2n) is 2.79. The van der Waals surface area contributed by atoms with Crippen LogP contribution in [0.25, 0.3) is 0 Å². The number of rotatable bonds is 5. The zero-order chi connectivity index (χ0) is 11.4. The topological polar surface area (TPSA) is 20.3 Å². The Hall–Kier alpha value is -0.150. The SMILES string of the molecule is CC(=O)/C=C/CBr.CCN(CC)CC. The Morgan fingerprint density at radius 2 is 1.64 bits per heavy atom. The first-order valence-electron chi connectivity index (χ1n) is 5.07. The zero-order valence-electron chi connectivity index (χ0n) is 9.72. The molecule has 0 aromatic heterocycles. The van der Waals surface area contributed by atoms with Crippen molar-refractivity contribution in [3.8, 4) is 0 Å². The van der Waals surface area contributed by atoms with E-state index in [1.807, 2.05) is 0 Å². The van der Waals surface area contributed by atoms with Crippen LogP contribution >= 0.6 is 15.9 Å². The Balaban J connectivity index is 0. The van der Waals surface area contributed by atoms with Crippen molar-refractivity contribution in [2.45, 2.75) is 27.7 Å². The van der Waals surface area contributed by atoms with Crippen LogP contribution in [0.3, 0.4) is 0 Å². The monoisotopic (exact) mass is 263 g/mol. The van der Waals surface area contributed by atoms with E-state index in [4.69, 9.17) is 0 Å². The smallest absolute Gasteiger partial charge is 0.152 e. The molecule has 0 saturated carbocycles. The molecule has 3 heteroatoms. The summed E-state index contributed by atoms with van der Waals surface area (Å²) in [6.07, 6.45) is 3.30. The quantitative estimate of drug-likeness (QED) is 0.562. The third-order valence-electron chi connectivity index (χ3n) is 1.78. The summed E-state index contributed by atoms with van der Waals surface area (Å²) in [4.78, 5) is 12.5. The summed E-state index contributed by atoms with van der Waals surface area (Å²) in [5, 5.41) is 0.757. The summed E-state index contributed by atoms with van der Waals surface area (Å²) in [6, 6.07) is 0. The van der Waals surface area contributed by atoms with Gasteiger partial charge in [0.25, 0.3) is 0 Å². The molecule has 2 nitrogen and oxygen atoms in total. The fourth-order valence-corrected chi connectivity index (χ4v) is 1.07. The number of hydrogen-bond donors (Lipinski definition) is 0. The van der Waals surface area contributed by atoms with E-state index in [1.165, 1.54) is 32.6 Å². The molecule has 0 radical (unpaired) electrons. The number of allylic oxidation sites excluding steroid dienone is 2. The number of hydrogen-bond acceptors (Lipinski definition) is 2. The lowest BCUT2D eigenvalue weighted by molar-refractivity contribution is -0.112. The van der Waals surface area contributed by atoms with E-state index in [0.29, 0.717) is 0 Å². The van der Waals surface area contributed by atoms with E-state index in [0.717, 1.165) is 5.33 Å². The predicted octanol–water partition coefficient (Wildman–Crippen LogP) is 2.87. The lowest BCUT2D eigenvalue weighted by Gasteiger charge is -2.13. The van der Waals surface area contributed by atoms with Gasteiger partial charge in [0.15, 0.2) is 5.78 Å². The molecule has 0 amide bonds. The minimum Gasteiger partial charge on any atom is -0.304 e. The normalized spacial score (nSPS) is 10.1. The average Bonchev–Trinajstić information content (AvgIpc) is 2.18. The maximum atomic E-state index is 10.1. The highest BCUT2D eigenvalue weighted by Crippen LogP contribution is 1.82. The van der Waals surface area contributed by atoms with Crippen LogP contribution in [-0.2, 0) is 4.79 Å². The number of halogens is 1. The summed E-state index contributed by atoms with van der Waals surface area (Å²) < 4.78 is 0. The van der Waals surface area contributed by atoms with Gasteiger partial charge in [0.2, 0.25) is 0 Å². The van der Waals surface area contributed by atoms with Crippen molar-refractivity contribution in [1.29, 1.82) is 0 Å². The summed E-state index contributed by atoms with van der Waals surface area (Å²) in [7, 11) is 0. The van der Waals surface area contributed by atoms with Crippen LogP contribution in [0.4, 0.5) is 0 Å². The third-order valence-corrected chi connectivity index (χ3v) is 2.16. The lowest BCUT2D eigenvalue weighted by Crippen LogP contribution is -2.21. The molecule has 0 aromatic carbocycles. The van der Waals surface area contributed by atoms with Gasteiger partial charge in [-0.05, 0) is 32.6 Å². The van der Waals surface area contributed by atoms with Crippen LogP contribution in [0.15, 0.2) is 12.2 Å². The molecule has 0 heterocycles. The fourth-order valence-electron chi connectivity index (χ4n) is 0.881. The highest BCUT2D eigenvalue weighted by Gasteiger charge is 1.89. The summed E-state index contributed by atoms with van der Waals surface area (Å²) >= 11 is 3.14. The van der Waals surface area contributed by atoms with E-state index in [9.17, 15) is 4.79 Å². The van der Waals surface area contributed by atoms with Crippen LogP contribution in [0.5, 0.6) is 0 Å². The molecular formula is C11H22BrNO. The standard InChI is InChI=1S/C6H15N.C5H7BrO/c1-4-7(5-2)6-3;1-5(7)3-2-4-6/h4-6H2,1-3H3;2-3H,4H2,1H3/b;3-2+. The van der Waals surface area contributed by atoms with Crippen LogP contribution < -0.4 is 0 Å². The van der Waals surface area contributed by atoms with Gasteiger partial charge in [-0.3, -0.25) is 4.79 Å². The van der Waals surface area contributed by atoms with E-state index in [1.54, 1.807) is 6.08 Å². The maximum absolute atomic E-state index is 10.1.